The molecule has 0 fully saturated rings. The van der Waals surface area contributed by atoms with Gasteiger partial charge in [0, 0.05) is 19.3 Å². The third kappa shape index (κ3) is 66.4. The van der Waals surface area contributed by atoms with Gasteiger partial charge in [0.2, 0.25) is 0 Å². The molecule has 0 heterocycles. The summed E-state index contributed by atoms with van der Waals surface area (Å²) in [6.45, 7) is 6.63. The van der Waals surface area contributed by atoms with Gasteiger partial charge in [-0.05, 0) is 70.6 Å². The molecule has 0 saturated carbocycles. The summed E-state index contributed by atoms with van der Waals surface area (Å²) in [6.07, 6.45) is 86.3. The fraction of sp³-hybridized carbons (Fsp3) is 0.878. The van der Waals surface area contributed by atoms with E-state index in [0.29, 0.717) is 19.3 Å². The van der Waals surface area contributed by atoms with Gasteiger partial charge in [-0.15, -0.1) is 0 Å². The van der Waals surface area contributed by atoms with Crippen LogP contribution in [0.25, 0.3) is 0 Å². The molecule has 0 saturated heterocycles. The highest BCUT2D eigenvalue weighted by Crippen LogP contribution is 2.19. The number of hydrogen-bond acceptors (Lipinski definition) is 6. The van der Waals surface area contributed by atoms with Crippen LogP contribution in [0.3, 0.4) is 0 Å². The molecule has 0 aliphatic heterocycles. The minimum atomic E-state index is -0.775. The summed E-state index contributed by atoms with van der Waals surface area (Å²) in [6, 6.07) is 0. The van der Waals surface area contributed by atoms with Crippen LogP contribution in [-0.2, 0) is 28.6 Å². The Morgan fingerprint density at radius 2 is 0.475 bits per heavy atom. The van der Waals surface area contributed by atoms with Crippen LogP contribution in [-0.4, -0.2) is 37.2 Å². The lowest BCUT2D eigenvalue weighted by atomic mass is 10.0. The van der Waals surface area contributed by atoms with Gasteiger partial charge in [-0.3, -0.25) is 14.4 Å². The number of allylic oxidation sites excluding steroid dienone is 6. The molecule has 0 aliphatic rings. The fourth-order valence-electron chi connectivity index (χ4n) is 11.0. The summed E-state index contributed by atoms with van der Waals surface area (Å²) >= 11 is 0. The fourth-order valence-corrected chi connectivity index (χ4v) is 11.0. The van der Waals surface area contributed by atoms with E-state index in [4.69, 9.17) is 14.2 Å². The largest absolute Gasteiger partial charge is 0.462 e. The molecule has 0 aromatic rings. The van der Waals surface area contributed by atoms with E-state index in [1.807, 2.05) is 0 Å². The van der Waals surface area contributed by atoms with Crippen LogP contribution in [0, 0.1) is 0 Å². The van der Waals surface area contributed by atoms with Crippen molar-refractivity contribution in [3.05, 3.63) is 36.5 Å². The highest BCUT2D eigenvalue weighted by atomic mass is 16.6. The quantitative estimate of drug-likeness (QED) is 0.0261. The Bertz CT molecular complexity index is 1340. The lowest BCUT2D eigenvalue weighted by Crippen LogP contribution is -2.30. The summed E-state index contributed by atoms with van der Waals surface area (Å²) in [5, 5.41) is 0. The monoisotopic (exact) mass is 1120 g/mol. The molecule has 0 amide bonds. The van der Waals surface area contributed by atoms with E-state index >= 15 is 0 Å². The third-order valence-electron chi connectivity index (χ3n) is 16.3. The van der Waals surface area contributed by atoms with Crippen LogP contribution in [0.4, 0.5) is 0 Å². The Balaban J connectivity index is 4.11. The highest BCUT2D eigenvalue weighted by molar-refractivity contribution is 5.71. The number of esters is 3. The summed E-state index contributed by atoms with van der Waals surface area (Å²) in [4.78, 5) is 38.3. The maximum Gasteiger partial charge on any atom is 0.306 e. The van der Waals surface area contributed by atoms with Gasteiger partial charge in [0.1, 0.15) is 13.2 Å². The molecule has 0 aromatic heterocycles. The Morgan fingerprint density at radius 3 is 0.750 bits per heavy atom. The van der Waals surface area contributed by atoms with E-state index in [0.717, 1.165) is 77.0 Å². The second-order valence-corrected chi connectivity index (χ2v) is 24.5. The van der Waals surface area contributed by atoms with E-state index in [1.165, 1.54) is 283 Å². The smallest absolute Gasteiger partial charge is 0.306 e. The van der Waals surface area contributed by atoms with Gasteiger partial charge in [0.15, 0.2) is 6.10 Å². The van der Waals surface area contributed by atoms with E-state index in [2.05, 4.69) is 57.2 Å². The highest BCUT2D eigenvalue weighted by Gasteiger charge is 2.19. The number of carbonyl (C=O) groups excluding carboxylic acids is 3. The van der Waals surface area contributed by atoms with Crippen molar-refractivity contribution in [3.63, 3.8) is 0 Å². The molecule has 0 N–H and O–H groups in total. The average molecular weight is 1120 g/mol. The average Bonchev–Trinajstić information content (AvgIpc) is 3.46. The van der Waals surface area contributed by atoms with Gasteiger partial charge < -0.3 is 14.2 Å². The van der Waals surface area contributed by atoms with E-state index < -0.39 is 6.10 Å². The number of hydrogen-bond donors (Lipinski definition) is 0. The first-order valence-electron chi connectivity index (χ1n) is 36.0. The molecule has 6 heteroatoms. The van der Waals surface area contributed by atoms with E-state index in [1.54, 1.807) is 0 Å². The zero-order chi connectivity index (χ0) is 57.8. The van der Waals surface area contributed by atoms with Gasteiger partial charge in [-0.25, -0.2) is 0 Å². The molecular formula is C74H138O6. The zero-order valence-corrected chi connectivity index (χ0v) is 54.1. The minimum Gasteiger partial charge on any atom is -0.462 e. The van der Waals surface area contributed by atoms with Crippen LogP contribution in [0.15, 0.2) is 36.5 Å². The van der Waals surface area contributed by atoms with Crippen LogP contribution < -0.4 is 0 Å². The van der Waals surface area contributed by atoms with Crippen molar-refractivity contribution < 1.29 is 28.6 Å². The Kier molecular flexibility index (Phi) is 67.1. The second-order valence-electron chi connectivity index (χ2n) is 24.5. The van der Waals surface area contributed by atoms with Crippen LogP contribution in [0.2, 0.25) is 0 Å². The van der Waals surface area contributed by atoms with Crippen molar-refractivity contribution in [3.8, 4) is 0 Å². The van der Waals surface area contributed by atoms with Crippen molar-refractivity contribution in [2.75, 3.05) is 13.2 Å². The van der Waals surface area contributed by atoms with Crippen molar-refractivity contribution in [1.82, 2.24) is 0 Å². The van der Waals surface area contributed by atoms with Gasteiger partial charge >= 0.3 is 17.9 Å². The number of unbranched alkanes of at least 4 members (excludes halogenated alkanes) is 50. The van der Waals surface area contributed by atoms with Gasteiger partial charge in [-0.1, -0.05) is 346 Å². The molecule has 80 heavy (non-hydrogen) atoms. The van der Waals surface area contributed by atoms with Crippen LogP contribution >= 0.6 is 0 Å². The molecule has 470 valence electrons. The maximum atomic E-state index is 12.9. The first-order chi connectivity index (χ1) is 39.5. The molecule has 0 spiro atoms. The van der Waals surface area contributed by atoms with Crippen molar-refractivity contribution >= 4 is 17.9 Å². The number of carbonyl (C=O) groups is 3. The number of rotatable bonds is 67. The topological polar surface area (TPSA) is 78.9 Å². The van der Waals surface area contributed by atoms with Gasteiger partial charge in [0.25, 0.3) is 0 Å². The zero-order valence-electron chi connectivity index (χ0n) is 54.1. The SMILES string of the molecule is CCC/C=C\CCCCCCCC(=O)OCC(COC(=O)CCCCCCCCCCCCCCCCCCCCCCCCCCCCCCC)OC(=O)CCCCCCCCCCCCC/C=C\C/C=C\CCCCCCC. The molecule has 6 nitrogen and oxygen atoms in total. The summed E-state index contributed by atoms with van der Waals surface area (Å²) < 4.78 is 16.9. The Labute approximate surface area is 499 Å². The maximum absolute atomic E-state index is 12.9. The molecule has 0 radical (unpaired) electrons. The predicted molar refractivity (Wildman–Crippen MR) is 349 cm³/mol. The van der Waals surface area contributed by atoms with E-state index in [9.17, 15) is 14.4 Å². The third-order valence-corrected chi connectivity index (χ3v) is 16.3. The Morgan fingerprint density at radius 1 is 0.250 bits per heavy atom. The van der Waals surface area contributed by atoms with Crippen molar-refractivity contribution in [2.45, 2.75) is 406 Å². The molecule has 0 aliphatic carbocycles. The predicted octanol–water partition coefficient (Wildman–Crippen LogP) is 24.7. The summed E-state index contributed by atoms with van der Waals surface area (Å²) in [7, 11) is 0. The van der Waals surface area contributed by atoms with Gasteiger partial charge in [0.05, 0.1) is 0 Å². The molecule has 1 atom stereocenters. The number of ether oxygens (including phenoxy) is 3. The first kappa shape index (κ1) is 77.6. The van der Waals surface area contributed by atoms with Crippen molar-refractivity contribution in [1.29, 1.82) is 0 Å². The van der Waals surface area contributed by atoms with E-state index in [-0.39, 0.29) is 31.1 Å². The lowest BCUT2D eigenvalue weighted by molar-refractivity contribution is -0.167. The molecule has 0 bridgehead atoms. The summed E-state index contributed by atoms with van der Waals surface area (Å²) in [5.41, 5.74) is 0. The minimum absolute atomic E-state index is 0.0710. The molecule has 1 unspecified atom stereocenters. The second kappa shape index (κ2) is 69.1. The molecule has 0 rings (SSSR count). The standard InChI is InChI=1S/C74H138O6/c1-4-7-10-13-16-19-22-24-26-28-30-32-34-35-36-37-38-39-41-42-44-46-48-50-52-55-58-61-64-67-73(76)79-70-71(69-78-72(75)66-63-60-57-54-21-18-15-12-9-6-3)80-74(77)68-65-62-59-56-53-51-49-47-45-43-40-33-31-29-27-25-23-20-17-14-11-8-5-2/h12,15,23,25,29,31,71H,4-11,13-14,16-22,24,26-28,30,32-70H2,1-3H3/b15-12-,25-23-,31-29-. The summed E-state index contributed by atoms with van der Waals surface area (Å²) in [5.74, 6) is -0.858. The molecule has 0 aromatic carbocycles. The van der Waals surface area contributed by atoms with Crippen LogP contribution in [0.1, 0.15) is 400 Å². The van der Waals surface area contributed by atoms with Crippen LogP contribution in [0.5, 0.6) is 0 Å². The first-order valence-corrected chi connectivity index (χ1v) is 36.0. The van der Waals surface area contributed by atoms with Crippen molar-refractivity contribution in [2.24, 2.45) is 0 Å². The Hall–Kier alpha value is -2.37. The van der Waals surface area contributed by atoms with Gasteiger partial charge in [-0.2, -0.15) is 0 Å². The lowest BCUT2D eigenvalue weighted by Gasteiger charge is -2.18. The normalized spacial score (nSPS) is 12.2. The molecular weight excluding hydrogens is 985 g/mol.